The molecular weight excluding hydrogens is 220 g/mol. The minimum Gasteiger partial charge on any atom is -0.347 e. The van der Waals surface area contributed by atoms with Gasteiger partial charge in [-0.3, -0.25) is 0 Å². The molecule has 0 radical (unpaired) electrons. The molecule has 90 valence electrons. The van der Waals surface area contributed by atoms with Gasteiger partial charge in [-0.05, 0) is 25.7 Å². The van der Waals surface area contributed by atoms with Gasteiger partial charge in [0.05, 0.1) is 0 Å². The summed E-state index contributed by atoms with van der Waals surface area (Å²) in [5.41, 5.74) is 5.93. The fourth-order valence-electron chi connectivity index (χ4n) is 2.13. The summed E-state index contributed by atoms with van der Waals surface area (Å²) in [4.78, 5) is 6.87. The molecule has 1 saturated heterocycles. The zero-order chi connectivity index (χ0) is 11.5. The van der Waals surface area contributed by atoms with E-state index in [0.29, 0.717) is 12.0 Å². The fourth-order valence-corrected chi connectivity index (χ4v) is 2.93. The van der Waals surface area contributed by atoms with Gasteiger partial charge in [0.15, 0.2) is 0 Å². The van der Waals surface area contributed by atoms with Gasteiger partial charge in [0.2, 0.25) is 5.13 Å². The largest absolute Gasteiger partial charge is 0.347 e. The third kappa shape index (κ3) is 2.52. The highest BCUT2D eigenvalue weighted by Crippen LogP contribution is 2.25. The highest BCUT2D eigenvalue weighted by molar-refractivity contribution is 7.09. The van der Waals surface area contributed by atoms with Crippen molar-refractivity contribution in [2.45, 2.75) is 39.2 Å². The summed E-state index contributed by atoms with van der Waals surface area (Å²) in [6.45, 7) is 6.35. The molecule has 1 unspecified atom stereocenters. The number of aryl methyl sites for hydroxylation is 1. The first-order valence-corrected chi connectivity index (χ1v) is 6.81. The third-order valence-corrected chi connectivity index (χ3v) is 4.14. The van der Waals surface area contributed by atoms with Gasteiger partial charge in [0, 0.05) is 37.1 Å². The minimum absolute atomic E-state index is 0.322. The van der Waals surface area contributed by atoms with Gasteiger partial charge in [-0.1, -0.05) is 6.92 Å². The van der Waals surface area contributed by atoms with Crippen molar-refractivity contribution < 1.29 is 0 Å². The van der Waals surface area contributed by atoms with Gasteiger partial charge in [-0.25, -0.2) is 4.98 Å². The second kappa shape index (κ2) is 5.10. The molecule has 1 aliphatic heterocycles. The molecule has 1 fully saturated rings. The first-order valence-electron chi connectivity index (χ1n) is 6.03. The molecule has 5 heteroatoms. The Balaban J connectivity index is 1.93. The van der Waals surface area contributed by atoms with E-state index in [1.54, 1.807) is 0 Å². The zero-order valence-electron chi connectivity index (χ0n) is 10.0. The first kappa shape index (κ1) is 11.8. The van der Waals surface area contributed by atoms with E-state index >= 15 is 0 Å². The summed E-state index contributed by atoms with van der Waals surface area (Å²) in [5, 5.41) is 1.08. The van der Waals surface area contributed by atoms with Crippen molar-refractivity contribution in [2.75, 3.05) is 18.0 Å². The van der Waals surface area contributed by atoms with Gasteiger partial charge in [-0.2, -0.15) is 4.37 Å². The summed E-state index contributed by atoms with van der Waals surface area (Å²) in [6.07, 6.45) is 3.28. The Kier molecular flexibility index (Phi) is 3.76. The molecule has 0 aromatic carbocycles. The molecular formula is C11H20N4S. The number of nitrogens with two attached hydrogens (primary N) is 1. The predicted octanol–water partition coefficient (Wildman–Crippen LogP) is 1.66. The van der Waals surface area contributed by atoms with Crippen LogP contribution in [0.3, 0.4) is 0 Å². The average Bonchev–Trinajstić information content (AvgIpc) is 2.77. The SMILES string of the molecule is CCc1nsc(N2CCC(C(C)N)CC2)n1. The van der Waals surface area contributed by atoms with E-state index in [2.05, 4.69) is 28.1 Å². The lowest BCUT2D eigenvalue weighted by Crippen LogP contribution is -2.39. The van der Waals surface area contributed by atoms with Crippen LogP contribution < -0.4 is 10.6 Å². The van der Waals surface area contributed by atoms with Crippen LogP contribution in [0.25, 0.3) is 0 Å². The Bertz CT molecular complexity index is 328. The quantitative estimate of drug-likeness (QED) is 0.873. The highest BCUT2D eigenvalue weighted by Gasteiger charge is 2.23. The molecule has 0 spiro atoms. The molecule has 1 aromatic rings. The van der Waals surface area contributed by atoms with E-state index in [1.807, 2.05) is 0 Å². The summed E-state index contributed by atoms with van der Waals surface area (Å²) in [6, 6.07) is 0.322. The van der Waals surface area contributed by atoms with Crippen molar-refractivity contribution in [3.05, 3.63) is 5.82 Å². The molecule has 4 nitrogen and oxygen atoms in total. The van der Waals surface area contributed by atoms with Crippen molar-refractivity contribution in [1.29, 1.82) is 0 Å². The number of nitrogens with zero attached hydrogens (tertiary/aromatic N) is 3. The molecule has 1 aliphatic rings. The maximum atomic E-state index is 5.93. The van der Waals surface area contributed by atoms with Gasteiger partial charge in [0.1, 0.15) is 5.82 Å². The maximum absolute atomic E-state index is 5.93. The van der Waals surface area contributed by atoms with Crippen LogP contribution in [0.5, 0.6) is 0 Å². The van der Waals surface area contributed by atoms with Gasteiger partial charge >= 0.3 is 0 Å². The fraction of sp³-hybridized carbons (Fsp3) is 0.818. The molecule has 2 N–H and O–H groups in total. The van der Waals surface area contributed by atoms with E-state index in [1.165, 1.54) is 24.4 Å². The lowest BCUT2D eigenvalue weighted by molar-refractivity contribution is 0.354. The molecule has 0 amide bonds. The molecule has 0 aliphatic carbocycles. The monoisotopic (exact) mass is 240 g/mol. The second-order valence-corrected chi connectivity index (χ2v) is 5.26. The smallest absolute Gasteiger partial charge is 0.205 e. The molecule has 1 aromatic heterocycles. The number of hydrogen-bond acceptors (Lipinski definition) is 5. The van der Waals surface area contributed by atoms with Crippen LogP contribution in [0.15, 0.2) is 0 Å². The number of aromatic nitrogens is 2. The topological polar surface area (TPSA) is 55.0 Å². The summed E-state index contributed by atoms with van der Waals surface area (Å²) >= 11 is 1.52. The number of anilines is 1. The van der Waals surface area contributed by atoms with Crippen LogP contribution >= 0.6 is 11.5 Å². The zero-order valence-corrected chi connectivity index (χ0v) is 10.8. The van der Waals surface area contributed by atoms with Crippen molar-refractivity contribution in [1.82, 2.24) is 9.36 Å². The van der Waals surface area contributed by atoms with Crippen LogP contribution in [0, 0.1) is 5.92 Å². The average molecular weight is 240 g/mol. The van der Waals surface area contributed by atoms with Gasteiger partial charge in [-0.15, -0.1) is 0 Å². The summed E-state index contributed by atoms with van der Waals surface area (Å²) in [7, 11) is 0. The Morgan fingerprint density at radius 1 is 1.50 bits per heavy atom. The van der Waals surface area contributed by atoms with E-state index in [0.717, 1.165) is 30.5 Å². The van der Waals surface area contributed by atoms with Crippen LogP contribution in [0.4, 0.5) is 5.13 Å². The number of piperidine rings is 1. The lowest BCUT2D eigenvalue weighted by Gasteiger charge is -2.33. The van der Waals surface area contributed by atoms with E-state index in [9.17, 15) is 0 Å². The van der Waals surface area contributed by atoms with Crippen molar-refractivity contribution >= 4 is 16.7 Å². The Labute approximate surface area is 101 Å². The van der Waals surface area contributed by atoms with E-state index in [-0.39, 0.29) is 0 Å². The normalized spacial score (nSPS) is 20.1. The van der Waals surface area contributed by atoms with Crippen LogP contribution in [0.1, 0.15) is 32.5 Å². The Morgan fingerprint density at radius 3 is 2.69 bits per heavy atom. The molecule has 0 bridgehead atoms. The van der Waals surface area contributed by atoms with E-state index in [4.69, 9.17) is 5.73 Å². The van der Waals surface area contributed by atoms with Crippen LogP contribution in [-0.4, -0.2) is 28.5 Å². The predicted molar refractivity (Wildman–Crippen MR) is 67.9 cm³/mol. The molecule has 16 heavy (non-hydrogen) atoms. The summed E-state index contributed by atoms with van der Waals surface area (Å²) < 4.78 is 4.33. The van der Waals surface area contributed by atoms with Crippen LogP contribution in [0.2, 0.25) is 0 Å². The number of rotatable bonds is 3. The molecule has 2 rings (SSSR count). The first-order chi connectivity index (χ1) is 7.70. The number of hydrogen-bond donors (Lipinski definition) is 1. The molecule has 1 atom stereocenters. The van der Waals surface area contributed by atoms with Gasteiger partial charge < -0.3 is 10.6 Å². The maximum Gasteiger partial charge on any atom is 0.205 e. The Hall–Kier alpha value is -0.680. The van der Waals surface area contributed by atoms with Gasteiger partial charge in [0.25, 0.3) is 0 Å². The molecule has 2 heterocycles. The highest BCUT2D eigenvalue weighted by atomic mass is 32.1. The summed E-state index contributed by atoms with van der Waals surface area (Å²) in [5.74, 6) is 1.64. The molecule has 0 saturated carbocycles. The standard InChI is InChI=1S/C11H20N4S/c1-3-10-13-11(16-14-10)15-6-4-9(5-7-15)8(2)12/h8-9H,3-7,12H2,1-2H3. The van der Waals surface area contributed by atoms with Crippen molar-refractivity contribution in [3.8, 4) is 0 Å². The lowest BCUT2D eigenvalue weighted by atomic mass is 9.91. The van der Waals surface area contributed by atoms with Crippen molar-refractivity contribution in [2.24, 2.45) is 11.7 Å². The minimum atomic E-state index is 0.322. The third-order valence-electron chi connectivity index (χ3n) is 3.33. The van der Waals surface area contributed by atoms with Crippen LogP contribution in [-0.2, 0) is 6.42 Å². The second-order valence-electron chi connectivity index (χ2n) is 4.53. The Morgan fingerprint density at radius 2 is 2.19 bits per heavy atom. The van der Waals surface area contributed by atoms with E-state index < -0.39 is 0 Å². The van der Waals surface area contributed by atoms with Crippen molar-refractivity contribution in [3.63, 3.8) is 0 Å².